The monoisotopic (exact) mass is 425 g/mol. The maximum Gasteiger partial charge on any atom is 0.411 e. The van der Waals surface area contributed by atoms with Crippen LogP contribution in [0.1, 0.15) is 52.2 Å². The maximum atomic E-state index is 12.4. The van der Waals surface area contributed by atoms with E-state index in [9.17, 15) is 14.7 Å². The van der Waals surface area contributed by atoms with E-state index in [0.717, 1.165) is 5.56 Å². The van der Waals surface area contributed by atoms with Crippen molar-refractivity contribution in [1.29, 1.82) is 0 Å². The Morgan fingerprint density at radius 2 is 1.52 bits per heavy atom. The van der Waals surface area contributed by atoms with Crippen LogP contribution in [-0.4, -0.2) is 46.4 Å². The van der Waals surface area contributed by atoms with Gasteiger partial charge in [0.15, 0.2) is 0 Å². The number of hydrogen-bond donors (Lipinski definition) is 1. The first-order valence-corrected chi connectivity index (χ1v) is 10.5. The third-order valence-corrected chi connectivity index (χ3v) is 5.55. The summed E-state index contributed by atoms with van der Waals surface area (Å²) >= 11 is 0. The zero-order valence-electron chi connectivity index (χ0n) is 18.8. The topological polar surface area (TPSA) is 76.1 Å². The number of hydrogen-bond acceptors (Lipinski definition) is 4. The normalized spacial score (nSPS) is 19.2. The standard InChI is InChI=1S/C25H31NO5/c1-24(2,3)31-23(29)26-16-20(15-21(26)22(27)28)30-19-13-11-18(12-14-19)25(4,5)17-9-7-6-8-10-17/h6-14,20-21H,15-16H2,1-5H3,(H,27,28). The molecule has 6 nitrogen and oxygen atoms in total. The Bertz CT molecular complexity index is 915. The van der Waals surface area contributed by atoms with E-state index in [1.807, 2.05) is 42.5 Å². The lowest BCUT2D eigenvalue weighted by atomic mass is 9.78. The van der Waals surface area contributed by atoms with E-state index >= 15 is 0 Å². The first kappa shape index (κ1) is 22.7. The van der Waals surface area contributed by atoms with Crippen LogP contribution in [-0.2, 0) is 14.9 Å². The van der Waals surface area contributed by atoms with E-state index in [2.05, 4.69) is 26.0 Å². The molecule has 1 amide bonds. The predicted molar refractivity (Wildman–Crippen MR) is 118 cm³/mol. The third kappa shape index (κ3) is 5.37. The van der Waals surface area contributed by atoms with Gasteiger partial charge < -0.3 is 14.6 Å². The summed E-state index contributed by atoms with van der Waals surface area (Å²) in [6, 6.07) is 17.2. The summed E-state index contributed by atoms with van der Waals surface area (Å²) in [6.07, 6.45) is -0.834. The van der Waals surface area contributed by atoms with Gasteiger partial charge in [0, 0.05) is 11.8 Å². The van der Waals surface area contributed by atoms with Crippen LogP contribution in [0.5, 0.6) is 5.75 Å². The van der Waals surface area contributed by atoms with Crippen LogP contribution in [0.15, 0.2) is 54.6 Å². The second-order valence-corrected chi connectivity index (χ2v) is 9.48. The number of nitrogens with zero attached hydrogens (tertiary/aromatic N) is 1. The molecule has 2 unspecified atom stereocenters. The van der Waals surface area contributed by atoms with Crippen molar-refractivity contribution in [2.75, 3.05) is 6.54 Å². The van der Waals surface area contributed by atoms with Crippen LogP contribution in [0.25, 0.3) is 0 Å². The van der Waals surface area contributed by atoms with Crippen LogP contribution in [0.3, 0.4) is 0 Å². The number of carbonyl (C=O) groups is 2. The molecule has 0 saturated carbocycles. The average molecular weight is 426 g/mol. The number of carbonyl (C=O) groups excluding carboxylic acids is 1. The summed E-state index contributed by atoms with van der Waals surface area (Å²) in [5.41, 5.74) is 1.52. The van der Waals surface area contributed by atoms with Gasteiger partial charge in [-0.1, -0.05) is 56.3 Å². The number of carboxylic acids is 1. The number of aliphatic carboxylic acids is 1. The van der Waals surface area contributed by atoms with E-state index in [-0.39, 0.29) is 18.4 Å². The lowest BCUT2D eigenvalue weighted by Crippen LogP contribution is -2.43. The molecule has 2 aromatic carbocycles. The molecule has 1 aliphatic heterocycles. The molecular formula is C25H31NO5. The van der Waals surface area contributed by atoms with Gasteiger partial charge in [0.05, 0.1) is 6.54 Å². The van der Waals surface area contributed by atoms with Crippen molar-refractivity contribution >= 4 is 12.1 Å². The Labute approximate surface area is 183 Å². The van der Waals surface area contributed by atoms with Crippen LogP contribution in [0.2, 0.25) is 0 Å². The fourth-order valence-corrected chi connectivity index (χ4v) is 3.80. The van der Waals surface area contributed by atoms with Gasteiger partial charge in [-0.15, -0.1) is 0 Å². The Balaban J connectivity index is 1.70. The van der Waals surface area contributed by atoms with E-state index in [1.165, 1.54) is 10.5 Å². The average Bonchev–Trinajstić information content (AvgIpc) is 3.12. The summed E-state index contributed by atoms with van der Waals surface area (Å²) in [6.45, 7) is 9.77. The summed E-state index contributed by atoms with van der Waals surface area (Å²) in [7, 11) is 0. The molecule has 1 N–H and O–H groups in total. The van der Waals surface area contributed by atoms with Crippen molar-refractivity contribution in [3.63, 3.8) is 0 Å². The predicted octanol–water partition coefficient (Wildman–Crippen LogP) is 4.85. The summed E-state index contributed by atoms with van der Waals surface area (Å²) in [5.74, 6) is -0.412. The number of carboxylic acid groups (broad SMARTS) is 1. The molecular weight excluding hydrogens is 394 g/mol. The summed E-state index contributed by atoms with van der Waals surface area (Å²) in [5, 5.41) is 9.54. The van der Waals surface area contributed by atoms with Crippen LogP contribution >= 0.6 is 0 Å². The van der Waals surface area contributed by atoms with Crippen molar-refractivity contribution in [3.8, 4) is 5.75 Å². The zero-order valence-corrected chi connectivity index (χ0v) is 18.8. The summed E-state index contributed by atoms with van der Waals surface area (Å²) < 4.78 is 11.4. The molecule has 31 heavy (non-hydrogen) atoms. The molecule has 2 aromatic rings. The fourth-order valence-electron chi connectivity index (χ4n) is 3.80. The minimum Gasteiger partial charge on any atom is -0.488 e. The number of amides is 1. The quantitative estimate of drug-likeness (QED) is 0.741. The largest absolute Gasteiger partial charge is 0.488 e. The van der Waals surface area contributed by atoms with E-state index in [4.69, 9.17) is 9.47 Å². The van der Waals surface area contributed by atoms with Gasteiger partial charge in [0.1, 0.15) is 23.5 Å². The smallest absolute Gasteiger partial charge is 0.411 e. The second kappa shape index (κ2) is 8.61. The minimum atomic E-state index is -1.06. The van der Waals surface area contributed by atoms with Gasteiger partial charge in [0.25, 0.3) is 0 Å². The highest BCUT2D eigenvalue weighted by Gasteiger charge is 2.42. The van der Waals surface area contributed by atoms with Gasteiger partial charge in [0.2, 0.25) is 0 Å². The van der Waals surface area contributed by atoms with Gasteiger partial charge in [-0.05, 0) is 44.0 Å². The molecule has 1 fully saturated rings. The van der Waals surface area contributed by atoms with Crippen molar-refractivity contribution in [2.24, 2.45) is 0 Å². The molecule has 0 radical (unpaired) electrons. The number of rotatable bonds is 5. The lowest BCUT2D eigenvalue weighted by molar-refractivity contribution is -0.142. The molecule has 3 rings (SSSR count). The molecule has 0 spiro atoms. The van der Waals surface area contributed by atoms with Gasteiger partial charge >= 0.3 is 12.1 Å². The van der Waals surface area contributed by atoms with Gasteiger partial charge in [-0.25, -0.2) is 9.59 Å². The number of ether oxygens (including phenoxy) is 2. The fraction of sp³-hybridized carbons (Fsp3) is 0.440. The van der Waals surface area contributed by atoms with E-state index in [1.54, 1.807) is 20.8 Å². The Kier molecular flexibility index (Phi) is 6.30. The van der Waals surface area contributed by atoms with Crippen molar-refractivity contribution in [3.05, 3.63) is 65.7 Å². The van der Waals surface area contributed by atoms with Crippen LogP contribution in [0, 0.1) is 0 Å². The highest BCUT2D eigenvalue weighted by Crippen LogP contribution is 2.33. The van der Waals surface area contributed by atoms with E-state index in [0.29, 0.717) is 5.75 Å². The number of likely N-dealkylation sites (tertiary alicyclic amines) is 1. The van der Waals surface area contributed by atoms with Gasteiger partial charge in [-0.3, -0.25) is 4.90 Å². The molecule has 6 heteroatoms. The molecule has 0 aromatic heterocycles. The Morgan fingerprint density at radius 1 is 0.935 bits per heavy atom. The number of benzene rings is 2. The highest BCUT2D eigenvalue weighted by atomic mass is 16.6. The molecule has 1 heterocycles. The van der Waals surface area contributed by atoms with Crippen molar-refractivity contribution in [1.82, 2.24) is 4.90 Å². The van der Waals surface area contributed by atoms with Gasteiger partial charge in [-0.2, -0.15) is 0 Å². The minimum absolute atomic E-state index is 0.158. The maximum absolute atomic E-state index is 12.4. The molecule has 1 saturated heterocycles. The van der Waals surface area contributed by atoms with E-state index < -0.39 is 29.8 Å². The SMILES string of the molecule is CC(C)(C)OC(=O)N1CC(Oc2ccc(C(C)(C)c3ccccc3)cc2)CC1C(=O)O. The van der Waals surface area contributed by atoms with Crippen LogP contribution < -0.4 is 4.74 Å². The van der Waals surface area contributed by atoms with Crippen molar-refractivity contribution in [2.45, 2.75) is 64.2 Å². The molecule has 166 valence electrons. The zero-order chi connectivity index (χ0) is 22.8. The lowest BCUT2D eigenvalue weighted by Gasteiger charge is -2.27. The first-order chi connectivity index (χ1) is 14.5. The first-order valence-electron chi connectivity index (χ1n) is 10.5. The molecule has 0 aliphatic carbocycles. The third-order valence-electron chi connectivity index (χ3n) is 5.55. The Morgan fingerprint density at radius 3 is 2.06 bits per heavy atom. The second-order valence-electron chi connectivity index (χ2n) is 9.48. The Hall–Kier alpha value is -3.02. The van der Waals surface area contributed by atoms with Crippen LogP contribution in [0.4, 0.5) is 4.79 Å². The molecule has 0 bridgehead atoms. The molecule has 2 atom stereocenters. The summed E-state index contributed by atoms with van der Waals surface area (Å²) in [4.78, 5) is 25.4. The molecule has 1 aliphatic rings. The highest BCUT2D eigenvalue weighted by molar-refractivity contribution is 5.81. The van der Waals surface area contributed by atoms with Crippen molar-refractivity contribution < 1.29 is 24.2 Å².